The largest absolute Gasteiger partial charge is 0.481 e. The molecule has 1 saturated heterocycles. The average Bonchev–Trinajstić information content (AvgIpc) is 2.90. The number of ether oxygens (including phenoxy) is 1. The van der Waals surface area contributed by atoms with Gasteiger partial charge in [-0.15, -0.1) is 0 Å². The second kappa shape index (κ2) is 6.37. The number of amides is 1. The van der Waals surface area contributed by atoms with Crippen molar-refractivity contribution >= 4 is 11.9 Å². The number of likely N-dealkylation sites (N-methyl/N-ethyl adjacent to an activating group) is 1. The van der Waals surface area contributed by atoms with Crippen LogP contribution in [0.2, 0.25) is 0 Å². The molecule has 1 N–H and O–H groups in total. The van der Waals surface area contributed by atoms with Gasteiger partial charge in [0.1, 0.15) is 0 Å². The van der Waals surface area contributed by atoms with Crippen molar-refractivity contribution in [3.63, 3.8) is 0 Å². The van der Waals surface area contributed by atoms with Crippen molar-refractivity contribution in [2.24, 2.45) is 11.8 Å². The highest BCUT2D eigenvalue weighted by Crippen LogP contribution is 2.30. The molecule has 1 saturated carbocycles. The number of hydrogen-bond acceptors (Lipinski definition) is 3. The summed E-state index contributed by atoms with van der Waals surface area (Å²) in [5.41, 5.74) is 0. The molecule has 0 aromatic heterocycles. The van der Waals surface area contributed by atoms with Crippen LogP contribution >= 0.6 is 0 Å². The topological polar surface area (TPSA) is 66.8 Å². The first kappa shape index (κ1) is 14.3. The van der Waals surface area contributed by atoms with Gasteiger partial charge in [-0.1, -0.05) is 6.42 Å². The molecule has 1 heterocycles. The maximum atomic E-state index is 12.3. The maximum absolute atomic E-state index is 12.3. The Morgan fingerprint density at radius 1 is 1.21 bits per heavy atom. The zero-order chi connectivity index (χ0) is 13.8. The highest BCUT2D eigenvalue weighted by molar-refractivity contribution is 5.80. The third kappa shape index (κ3) is 3.69. The smallest absolute Gasteiger partial charge is 0.306 e. The van der Waals surface area contributed by atoms with E-state index >= 15 is 0 Å². The van der Waals surface area contributed by atoms with E-state index in [0.29, 0.717) is 19.4 Å². The second-order valence-electron chi connectivity index (χ2n) is 5.75. The molecule has 1 aliphatic heterocycles. The molecule has 5 heteroatoms. The van der Waals surface area contributed by atoms with Crippen LogP contribution in [0.3, 0.4) is 0 Å². The fourth-order valence-corrected chi connectivity index (χ4v) is 3.13. The van der Waals surface area contributed by atoms with E-state index in [-0.39, 0.29) is 23.8 Å². The summed E-state index contributed by atoms with van der Waals surface area (Å²) in [6, 6.07) is 0. The van der Waals surface area contributed by atoms with E-state index in [1.165, 1.54) is 0 Å². The van der Waals surface area contributed by atoms with Crippen LogP contribution in [-0.4, -0.2) is 48.2 Å². The summed E-state index contributed by atoms with van der Waals surface area (Å²) >= 11 is 0. The Morgan fingerprint density at radius 2 is 1.95 bits per heavy atom. The third-order valence-electron chi connectivity index (χ3n) is 4.25. The Bertz CT molecular complexity index is 338. The molecule has 2 aliphatic rings. The Morgan fingerprint density at radius 3 is 2.58 bits per heavy atom. The van der Waals surface area contributed by atoms with Crippen LogP contribution in [0.25, 0.3) is 0 Å². The van der Waals surface area contributed by atoms with Gasteiger partial charge in [-0.2, -0.15) is 0 Å². The van der Waals surface area contributed by atoms with Crippen LogP contribution in [0, 0.1) is 11.8 Å². The maximum Gasteiger partial charge on any atom is 0.306 e. The van der Waals surface area contributed by atoms with Crippen molar-refractivity contribution in [1.29, 1.82) is 0 Å². The van der Waals surface area contributed by atoms with Gasteiger partial charge >= 0.3 is 5.97 Å². The van der Waals surface area contributed by atoms with Gasteiger partial charge in [0.05, 0.1) is 12.0 Å². The molecular weight excluding hydrogens is 246 g/mol. The summed E-state index contributed by atoms with van der Waals surface area (Å²) in [6.07, 6.45) is 5.09. The van der Waals surface area contributed by atoms with E-state index in [4.69, 9.17) is 9.84 Å². The van der Waals surface area contributed by atoms with Crippen molar-refractivity contribution < 1.29 is 19.4 Å². The number of carbonyl (C=O) groups excluding carboxylic acids is 1. The minimum absolute atomic E-state index is 0.0847. The SMILES string of the molecule is CN(C[C@@H]1CCCO1)C(=O)C1CCCC(C(=O)O)C1. The molecule has 0 bridgehead atoms. The zero-order valence-electron chi connectivity index (χ0n) is 11.5. The summed E-state index contributed by atoms with van der Waals surface area (Å²) in [7, 11) is 1.80. The van der Waals surface area contributed by atoms with E-state index in [0.717, 1.165) is 32.3 Å². The zero-order valence-corrected chi connectivity index (χ0v) is 11.5. The first-order chi connectivity index (χ1) is 9.08. The normalized spacial score (nSPS) is 31.1. The number of carboxylic acids is 1. The van der Waals surface area contributed by atoms with E-state index in [9.17, 15) is 9.59 Å². The van der Waals surface area contributed by atoms with Crippen molar-refractivity contribution in [2.45, 2.75) is 44.6 Å². The summed E-state index contributed by atoms with van der Waals surface area (Å²) in [6.45, 7) is 1.42. The lowest BCUT2D eigenvalue weighted by atomic mass is 9.81. The van der Waals surface area contributed by atoms with E-state index < -0.39 is 5.97 Å². The fourth-order valence-electron chi connectivity index (χ4n) is 3.13. The third-order valence-corrected chi connectivity index (χ3v) is 4.25. The molecule has 2 rings (SSSR count). The highest BCUT2D eigenvalue weighted by Gasteiger charge is 2.33. The molecule has 2 fully saturated rings. The molecule has 3 atom stereocenters. The standard InChI is InChI=1S/C14H23NO4/c1-15(9-12-6-3-7-19-12)13(16)10-4-2-5-11(8-10)14(17)18/h10-12H,2-9H2,1H3,(H,17,18)/t10?,11?,12-/m0/s1. The lowest BCUT2D eigenvalue weighted by Gasteiger charge is -2.30. The number of rotatable bonds is 4. The average molecular weight is 269 g/mol. The Balaban J connectivity index is 1.85. The molecule has 0 aromatic carbocycles. The second-order valence-corrected chi connectivity index (χ2v) is 5.75. The van der Waals surface area contributed by atoms with Crippen LogP contribution in [-0.2, 0) is 14.3 Å². The molecular formula is C14H23NO4. The van der Waals surface area contributed by atoms with Gasteiger partial charge in [0, 0.05) is 26.1 Å². The van der Waals surface area contributed by atoms with Crippen molar-refractivity contribution in [3.05, 3.63) is 0 Å². The minimum Gasteiger partial charge on any atom is -0.481 e. The molecule has 1 aliphatic carbocycles. The molecule has 0 aromatic rings. The van der Waals surface area contributed by atoms with Crippen LogP contribution in [0.5, 0.6) is 0 Å². The van der Waals surface area contributed by atoms with Crippen LogP contribution in [0.4, 0.5) is 0 Å². The van der Waals surface area contributed by atoms with Crippen LogP contribution in [0.1, 0.15) is 38.5 Å². The number of carbonyl (C=O) groups is 2. The van der Waals surface area contributed by atoms with Gasteiger partial charge < -0.3 is 14.7 Å². The highest BCUT2D eigenvalue weighted by atomic mass is 16.5. The van der Waals surface area contributed by atoms with E-state index in [1.54, 1.807) is 11.9 Å². The van der Waals surface area contributed by atoms with E-state index in [1.807, 2.05) is 0 Å². The monoisotopic (exact) mass is 269 g/mol. The molecule has 2 unspecified atom stereocenters. The molecule has 1 amide bonds. The van der Waals surface area contributed by atoms with Gasteiger partial charge in [-0.05, 0) is 32.1 Å². The summed E-state index contributed by atoms with van der Waals surface area (Å²) < 4.78 is 5.53. The number of aliphatic carboxylic acids is 1. The molecule has 5 nitrogen and oxygen atoms in total. The Kier molecular flexibility index (Phi) is 4.80. The van der Waals surface area contributed by atoms with Crippen molar-refractivity contribution in [1.82, 2.24) is 4.90 Å². The van der Waals surface area contributed by atoms with Gasteiger partial charge in [0.25, 0.3) is 0 Å². The lowest BCUT2D eigenvalue weighted by molar-refractivity contribution is -0.145. The molecule has 108 valence electrons. The lowest BCUT2D eigenvalue weighted by Crippen LogP contribution is -2.40. The quantitative estimate of drug-likeness (QED) is 0.840. The summed E-state index contributed by atoms with van der Waals surface area (Å²) in [5.74, 6) is -1.15. The van der Waals surface area contributed by atoms with Gasteiger partial charge in [0.15, 0.2) is 0 Å². The first-order valence-electron chi connectivity index (χ1n) is 7.17. The van der Waals surface area contributed by atoms with Gasteiger partial charge in [-0.25, -0.2) is 0 Å². The minimum atomic E-state index is -0.765. The van der Waals surface area contributed by atoms with Gasteiger partial charge in [-0.3, -0.25) is 9.59 Å². The summed E-state index contributed by atoms with van der Waals surface area (Å²) in [5, 5.41) is 9.06. The van der Waals surface area contributed by atoms with E-state index in [2.05, 4.69) is 0 Å². The number of nitrogens with zero attached hydrogens (tertiary/aromatic N) is 1. The van der Waals surface area contributed by atoms with Crippen LogP contribution < -0.4 is 0 Å². The van der Waals surface area contributed by atoms with Crippen LogP contribution in [0.15, 0.2) is 0 Å². The Hall–Kier alpha value is -1.10. The number of hydrogen-bond donors (Lipinski definition) is 1. The molecule has 0 radical (unpaired) electrons. The van der Waals surface area contributed by atoms with Gasteiger partial charge in [0.2, 0.25) is 5.91 Å². The number of carboxylic acid groups (broad SMARTS) is 1. The van der Waals surface area contributed by atoms with Crippen molar-refractivity contribution in [2.75, 3.05) is 20.2 Å². The predicted molar refractivity (Wildman–Crippen MR) is 69.7 cm³/mol. The predicted octanol–water partition coefficient (Wildman–Crippen LogP) is 1.51. The fraction of sp³-hybridized carbons (Fsp3) is 0.857. The first-order valence-corrected chi connectivity index (χ1v) is 7.17. The summed E-state index contributed by atoms with van der Waals surface area (Å²) in [4.78, 5) is 25.1. The molecule has 19 heavy (non-hydrogen) atoms. The Labute approximate surface area is 113 Å². The van der Waals surface area contributed by atoms with Crippen molar-refractivity contribution in [3.8, 4) is 0 Å². The molecule has 0 spiro atoms.